The molecule has 0 amide bonds. The third-order valence-corrected chi connectivity index (χ3v) is 5.05. The standard InChI is InChI=1S/C16H10F5NO2S/c1-2-8-22(9-10-6-4-3-5-7-10)25(23,24)16-14(20)12(18)11(17)13(19)15(16)21/h1,3-7H,8-9H2. The van der Waals surface area contributed by atoms with Gasteiger partial charge in [-0.15, -0.1) is 6.42 Å². The first-order chi connectivity index (χ1) is 11.7. The summed E-state index contributed by atoms with van der Waals surface area (Å²) < 4.78 is 92.9. The topological polar surface area (TPSA) is 37.4 Å². The maximum atomic E-state index is 13.9. The Labute approximate surface area is 140 Å². The highest BCUT2D eigenvalue weighted by molar-refractivity contribution is 7.89. The van der Waals surface area contributed by atoms with E-state index in [0.717, 1.165) is 0 Å². The number of nitrogens with zero attached hydrogens (tertiary/aromatic N) is 1. The Hall–Kier alpha value is -2.44. The summed E-state index contributed by atoms with van der Waals surface area (Å²) >= 11 is 0. The first-order valence-electron chi connectivity index (χ1n) is 6.70. The second-order valence-electron chi connectivity index (χ2n) is 4.86. The summed E-state index contributed by atoms with van der Waals surface area (Å²) in [4.78, 5) is -1.94. The lowest BCUT2D eigenvalue weighted by molar-refractivity contribution is 0.351. The van der Waals surface area contributed by atoms with Gasteiger partial charge in [0.25, 0.3) is 0 Å². The highest BCUT2D eigenvalue weighted by atomic mass is 32.2. The van der Waals surface area contributed by atoms with E-state index in [1.54, 1.807) is 18.2 Å². The molecule has 0 aliphatic heterocycles. The van der Waals surface area contributed by atoms with E-state index in [9.17, 15) is 30.4 Å². The van der Waals surface area contributed by atoms with E-state index >= 15 is 0 Å². The lowest BCUT2D eigenvalue weighted by atomic mass is 10.2. The lowest BCUT2D eigenvalue weighted by Crippen LogP contribution is -2.33. The van der Waals surface area contributed by atoms with Crippen LogP contribution in [-0.4, -0.2) is 19.3 Å². The van der Waals surface area contributed by atoms with Gasteiger partial charge < -0.3 is 0 Å². The van der Waals surface area contributed by atoms with Crippen molar-refractivity contribution in [2.24, 2.45) is 0 Å². The average Bonchev–Trinajstić information content (AvgIpc) is 2.58. The van der Waals surface area contributed by atoms with Crippen molar-refractivity contribution in [3.63, 3.8) is 0 Å². The second-order valence-corrected chi connectivity index (χ2v) is 6.74. The van der Waals surface area contributed by atoms with Crippen molar-refractivity contribution in [2.75, 3.05) is 6.54 Å². The number of hydrogen-bond donors (Lipinski definition) is 0. The molecule has 0 saturated carbocycles. The molecule has 25 heavy (non-hydrogen) atoms. The van der Waals surface area contributed by atoms with Crippen molar-refractivity contribution in [1.82, 2.24) is 4.31 Å². The van der Waals surface area contributed by atoms with Crippen LogP contribution in [0.1, 0.15) is 5.56 Å². The van der Waals surface area contributed by atoms with Crippen LogP contribution in [0.25, 0.3) is 0 Å². The van der Waals surface area contributed by atoms with Gasteiger partial charge in [-0.2, -0.15) is 4.31 Å². The van der Waals surface area contributed by atoms with Crippen molar-refractivity contribution in [2.45, 2.75) is 11.4 Å². The zero-order valence-electron chi connectivity index (χ0n) is 12.4. The summed E-state index contributed by atoms with van der Waals surface area (Å²) in [5, 5.41) is 0. The molecule has 0 spiro atoms. The SMILES string of the molecule is C#CCN(Cc1ccccc1)S(=O)(=O)c1c(F)c(F)c(F)c(F)c1F. The van der Waals surface area contributed by atoms with E-state index in [4.69, 9.17) is 6.42 Å². The molecule has 0 aliphatic carbocycles. The molecule has 2 rings (SSSR count). The minimum Gasteiger partial charge on any atom is -0.207 e. The van der Waals surface area contributed by atoms with Gasteiger partial charge in [0.2, 0.25) is 15.8 Å². The zero-order chi connectivity index (χ0) is 18.8. The van der Waals surface area contributed by atoms with Crippen molar-refractivity contribution in [3.8, 4) is 12.3 Å². The summed E-state index contributed by atoms with van der Waals surface area (Å²) in [5.41, 5.74) is 0.408. The Kier molecular flexibility index (Phi) is 5.45. The van der Waals surface area contributed by atoms with Gasteiger partial charge in [-0.25, -0.2) is 30.4 Å². The molecule has 0 aromatic heterocycles. The van der Waals surface area contributed by atoms with Crippen LogP contribution in [0.2, 0.25) is 0 Å². The molecule has 0 aliphatic rings. The first kappa shape index (κ1) is 18.9. The molecule has 0 saturated heterocycles. The fraction of sp³-hybridized carbons (Fsp3) is 0.125. The van der Waals surface area contributed by atoms with Gasteiger partial charge >= 0.3 is 0 Å². The second kappa shape index (κ2) is 7.21. The largest absolute Gasteiger partial charge is 0.250 e. The van der Waals surface area contributed by atoms with Gasteiger partial charge in [0.15, 0.2) is 28.2 Å². The number of benzene rings is 2. The highest BCUT2D eigenvalue weighted by Crippen LogP contribution is 2.29. The number of halogens is 5. The molecule has 0 N–H and O–H groups in total. The van der Waals surface area contributed by atoms with Crippen LogP contribution in [-0.2, 0) is 16.6 Å². The highest BCUT2D eigenvalue weighted by Gasteiger charge is 2.36. The monoisotopic (exact) mass is 375 g/mol. The Bertz CT molecular complexity index is 910. The normalized spacial score (nSPS) is 11.6. The fourth-order valence-electron chi connectivity index (χ4n) is 2.06. The molecule has 3 nitrogen and oxygen atoms in total. The third-order valence-electron chi connectivity index (χ3n) is 3.24. The summed E-state index contributed by atoms with van der Waals surface area (Å²) in [6, 6.07) is 7.82. The van der Waals surface area contributed by atoms with E-state index < -0.39 is 57.1 Å². The van der Waals surface area contributed by atoms with Gasteiger partial charge in [-0.1, -0.05) is 36.3 Å². The van der Waals surface area contributed by atoms with Crippen LogP contribution < -0.4 is 0 Å². The molecule has 9 heteroatoms. The lowest BCUT2D eigenvalue weighted by Gasteiger charge is -2.21. The van der Waals surface area contributed by atoms with Crippen LogP contribution in [0.15, 0.2) is 35.2 Å². The van der Waals surface area contributed by atoms with Crippen LogP contribution in [0.5, 0.6) is 0 Å². The molecule has 2 aromatic rings. The molecular weight excluding hydrogens is 365 g/mol. The molecule has 0 fully saturated rings. The maximum Gasteiger partial charge on any atom is 0.250 e. The molecule has 0 bridgehead atoms. The Balaban J connectivity index is 2.61. The van der Waals surface area contributed by atoms with E-state index in [-0.39, 0.29) is 0 Å². The van der Waals surface area contributed by atoms with Gasteiger partial charge in [0.05, 0.1) is 6.54 Å². The quantitative estimate of drug-likeness (QED) is 0.348. The van der Waals surface area contributed by atoms with Gasteiger partial charge in [0.1, 0.15) is 0 Å². The van der Waals surface area contributed by atoms with E-state index in [1.165, 1.54) is 12.1 Å². The Morgan fingerprint density at radius 2 is 1.36 bits per heavy atom. The fourth-order valence-corrected chi connectivity index (χ4v) is 3.51. The van der Waals surface area contributed by atoms with E-state index in [0.29, 0.717) is 9.87 Å². The van der Waals surface area contributed by atoms with Gasteiger partial charge in [0, 0.05) is 6.54 Å². The van der Waals surface area contributed by atoms with Crippen LogP contribution >= 0.6 is 0 Å². The molecule has 2 aromatic carbocycles. The number of rotatable bonds is 5. The first-order valence-corrected chi connectivity index (χ1v) is 8.14. The minimum absolute atomic E-state index is 0.408. The van der Waals surface area contributed by atoms with E-state index in [1.807, 2.05) is 5.92 Å². The summed E-state index contributed by atoms with van der Waals surface area (Å²) in [5.74, 6) is -10.0. The molecule has 0 unspecified atom stereocenters. The van der Waals surface area contributed by atoms with Crippen LogP contribution in [0, 0.1) is 41.4 Å². The number of sulfonamides is 1. The average molecular weight is 375 g/mol. The van der Waals surface area contributed by atoms with Crippen molar-refractivity contribution < 1.29 is 30.4 Å². The molecule has 132 valence electrons. The van der Waals surface area contributed by atoms with Crippen molar-refractivity contribution >= 4 is 10.0 Å². The molecule has 0 heterocycles. The number of hydrogen-bond acceptors (Lipinski definition) is 2. The molecule has 0 atom stereocenters. The smallest absolute Gasteiger partial charge is 0.207 e. The molecular formula is C16H10F5NO2S. The Morgan fingerprint density at radius 1 is 0.880 bits per heavy atom. The summed E-state index contributed by atoms with van der Waals surface area (Å²) in [6.07, 6.45) is 5.07. The van der Waals surface area contributed by atoms with E-state index in [2.05, 4.69) is 0 Å². The predicted octanol–water partition coefficient (Wildman–Crippen LogP) is 3.21. The number of terminal acetylenes is 1. The van der Waals surface area contributed by atoms with Crippen LogP contribution in [0.3, 0.4) is 0 Å². The van der Waals surface area contributed by atoms with Crippen molar-refractivity contribution in [3.05, 3.63) is 65.0 Å². The third kappa shape index (κ3) is 3.50. The maximum absolute atomic E-state index is 13.9. The summed E-state index contributed by atoms with van der Waals surface area (Å²) in [7, 11) is -5.09. The van der Waals surface area contributed by atoms with Gasteiger partial charge in [-0.05, 0) is 5.56 Å². The van der Waals surface area contributed by atoms with Crippen molar-refractivity contribution in [1.29, 1.82) is 0 Å². The molecule has 0 radical (unpaired) electrons. The zero-order valence-corrected chi connectivity index (χ0v) is 13.3. The Morgan fingerprint density at radius 3 is 1.84 bits per heavy atom. The van der Waals surface area contributed by atoms with Gasteiger partial charge in [-0.3, -0.25) is 0 Å². The predicted molar refractivity (Wildman–Crippen MR) is 79.1 cm³/mol. The minimum atomic E-state index is -5.09. The summed E-state index contributed by atoms with van der Waals surface area (Å²) in [6.45, 7) is -1.04. The van der Waals surface area contributed by atoms with Crippen LogP contribution in [0.4, 0.5) is 22.0 Å².